The fourth-order valence-corrected chi connectivity index (χ4v) is 9.94. The first kappa shape index (κ1) is 45.5. The summed E-state index contributed by atoms with van der Waals surface area (Å²) in [6.07, 6.45) is 19.9. The van der Waals surface area contributed by atoms with E-state index in [0.29, 0.717) is 26.4 Å². The van der Waals surface area contributed by atoms with Gasteiger partial charge in [-0.1, -0.05) is 90.4 Å². The molecule has 0 saturated heterocycles. The number of hydrogen-bond acceptors (Lipinski definition) is 8. The Kier molecular flexibility index (Phi) is 35.7. The average Bonchev–Trinajstić information content (AvgIpc) is 3.02. The van der Waals surface area contributed by atoms with E-state index in [-0.39, 0.29) is 5.00 Å². The van der Waals surface area contributed by atoms with Gasteiger partial charge in [0.15, 0.2) is 0 Å². The predicted molar refractivity (Wildman–Crippen MR) is 184 cm³/mol. The molecular formula is C32H71ClO8Si2. The molecule has 0 bridgehead atoms. The quantitative estimate of drug-likeness (QED) is 0.0398. The van der Waals surface area contributed by atoms with E-state index in [0.717, 1.165) is 38.5 Å². The molecule has 0 radical (unpaired) electrons. The molecule has 0 aliphatic heterocycles. The topological polar surface area (TPSA) is 73.8 Å². The Bertz CT molecular complexity index is 522. The van der Waals surface area contributed by atoms with Gasteiger partial charge >= 0.3 is 17.6 Å². The second-order valence-corrected chi connectivity index (χ2v) is 17.5. The van der Waals surface area contributed by atoms with Gasteiger partial charge in [0.25, 0.3) is 0 Å². The van der Waals surface area contributed by atoms with Gasteiger partial charge < -0.3 is 36.0 Å². The van der Waals surface area contributed by atoms with Crippen molar-refractivity contribution in [1.82, 2.24) is 0 Å². The molecule has 0 aromatic carbocycles. The average molecular weight is 676 g/mol. The summed E-state index contributed by atoms with van der Waals surface area (Å²) in [5.74, 6) is 0. The summed E-state index contributed by atoms with van der Waals surface area (Å²) in [6.45, 7) is 12.2. The molecule has 0 N–H and O–H groups in total. The van der Waals surface area contributed by atoms with Crippen molar-refractivity contribution in [2.24, 2.45) is 0 Å². The van der Waals surface area contributed by atoms with Gasteiger partial charge in [-0.25, -0.2) is 0 Å². The minimum Gasteiger partial charge on any atom is -0.382 e. The summed E-state index contributed by atoms with van der Waals surface area (Å²) in [6, 6.07) is 0.916. The molecular weight excluding hydrogens is 604 g/mol. The molecule has 0 aromatic rings. The van der Waals surface area contributed by atoms with E-state index in [1.807, 2.05) is 20.8 Å². The molecule has 262 valence electrons. The maximum absolute atomic E-state index is 6.57. The lowest BCUT2D eigenvalue weighted by molar-refractivity contribution is 0.0679. The summed E-state index contributed by atoms with van der Waals surface area (Å²) >= 11 is 6.57. The molecule has 1 atom stereocenters. The zero-order chi connectivity index (χ0) is 32.5. The Morgan fingerprint density at radius 1 is 0.512 bits per heavy atom. The molecule has 0 aliphatic carbocycles. The summed E-state index contributed by atoms with van der Waals surface area (Å²) < 4.78 is 44.2. The highest BCUT2D eigenvalue weighted by atomic mass is 35.5. The lowest BCUT2D eigenvalue weighted by Crippen LogP contribution is -2.54. The van der Waals surface area contributed by atoms with Crippen LogP contribution in [0.15, 0.2) is 0 Å². The van der Waals surface area contributed by atoms with Crippen LogP contribution in [-0.2, 0) is 36.0 Å². The van der Waals surface area contributed by atoms with Crippen LogP contribution in [-0.4, -0.2) is 90.7 Å². The van der Waals surface area contributed by atoms with Gasteiger partial charge in [0, 0.05) is 60.9 Å². The van der Waals surface area contributed by atoms with Gasteiger partial charge in [-0.15, -0.1) is 11.6 Å². The lowest BCUT2D eigenvalue weighted by Gasteiger charge is -2.32. The van der Waals surface area contributed by atoms with E-state index in [1.165, 1.54) is 83.5 Å². The van der Waals surface area contributed by atoms with Gasteiger partial charge in [0.05, 0.1) is 13.2 Å². The van der Waals surface area contributed by atoms with Crippen LogP contribution in [0.2, 0.25) is 6.04 Å². The number of alkyl halides is 1. The first-order valence-electron chi connectivity index (χ1n) is 17.2. The van der Waals surface area contributed by atoms with Crippen molar-refractivity contribution in [2.75, 3.05) is 68.1 Å². The fraction of sp³-hybridized carbons (Fsp3) is 1.00. The monoisotopic (exact) mass is 674 g/mol. The van der Waals surface area contributed by atoms with Gasteiger partial charge in [-0.2, -0.15) is 0 Å². The van der Waals surface area contributed by atoms with Crippen LogP contribution in [0.4, 0.5) is 0 Å². The van der Waals surface area contributed by atoms with Crippen molar-refractivity contribution in [3.05, 3.63) is 0 Å². The van der Waals surface area contributed by atoms with Crippen molar-refractivity contribution in [3.8, 4) is 0 Å². The number of hydrogen-bond donors (Lipinski definition) is 0. The van der Waals surface area contributed by atoms with Gasteiger partial charge in [0.2, 0.25) is 0 Å². The van der Waals surface area contributed by atoms with Crippen molar-refractivity contribution in [1.29, 1.82) is 0 Å². The third kappa shape index (κ3) is 25.2. The highest BCUT2D eigenvalue weighted by Crippen LogP contribution is 2.25. The van der Waals surface area contributed by atoms with E-state index in [1.54, 1.807) is 28.4 Å². The summed E-state index contributed by atoms with van der Waals surface area (Å²) in [5.41, 5.74) is 0. The van der Waals surface area contributed by atoms with Crippen LogP contribution in [0.3, 0.4) is 0 Å². The standard InChI is InChI=1S/C17H38O5Si.C15H33ClO3Si/c1-18-15-16-22-14-12-10-8-6-5-7-9-11-13-17-23(19-2,20-3)21-4;1-5-9-10-11-12-13-14-15(16)20(17-6-2,18-7-3)19-8-4/h5-17H2,1-4H3;15H,5-14H2,1-4H3. The number of methoxy groups -OCH3 is 1. The molecule has 8 nitrogen and oxygen atoms in total. The Balaban J connectivity index is 0. The second-order valence-electron chi connectivity index (χ2n) is 10.8. The third-order valence-corrected chi connectivity index (χ3v) is 14.3. The van der Waals surface area contributed by atoms with Gasteiger partial charge in [-0.3, -0.25) is 0 Å². The van der Waals surface area contributed by atoms with Crippen molar-refractivity contribution in [3.63, 3.8) is 0 Å². The molecule has 1 unspecified atom stereocenters. The summed E-state index contributed by atoms with van der Waals surface area (Å²) in [5, 5.41) is -0.131. The van der Waals surface area contributed by atoms with E-state index in [4.69, 9.17) is 47.6 Å². The number of halogens is 1. The Hall–Kier alpha value is 0.404. The lowest BCUT2D eigenvalue weighted by atomic mass is 10.1. The van der Waals surface area contributed by atoms with E-state index in [9.17, 15) is 0 Å². The Morgan fingerprint density at radius 2 is 0.953 bits per heavy atom. The van der Waals surface area contributed by atoms with Crippen LogP contribution >= 0.6 is 11.6 Å². The van der Waals surface area contributed by atoms with Crippen molar-refractivity contribution >= 4 is 29.2 Å². The zero-order valence-electron chi connectivity index (χ0n) is 29.5. The number of ether oxygens (including phenoxy) is 2. The second kappa shape index (κ2) is 33.8. The van der Waals surface area contributed by atoms with Gasteiger partial charge in [-0.05, 0) is 40.0 Å². The maximum Gasteiger partial charge on any atom is 0.519 e. The Morgan fingerprint density at radius 3 is 1.40 bits per heavy atom. The summed E-state index contributed by atoms with van der Waals surface area (Å²) in [4.78, 5) is 0. The molecule has 0 aliphatic rings. The highest BCUT2D eigenvalue weighted by Gasteiger charge is 2.48. The molecule has 0 rings (SSSR count). The van der Waals surface area contributed by atoms with Crippen molar-refractivity contribution in [2.45, 2.75) is 141 Å². The predicted octanol–water partition coefficient (Wildman–Crippen LogP) is 8.97. The van der Waals surface area contributed by atoms with Crippen LogP contribution in [0.1, 0.15) is 130 Å². The summed E-state index contributed by atoms with van der Waals surface area (Å²) in [7, 11) is 1.70. The van der Waals surface area contributed by atoms with Crippen LogP contribution in [0, 0.1) is 0 Å². The van der Waals surface area contributed by atoms with Crippen molar-refractivity contribution < 1.29 is 36.0 Å². The smallest absolute Gasteiger partial charge is 0.382 e. The van der Waals surface area contributed by atoms with Crippen LogP contribution in [0.5, 0.6) is 0 Å². The van der Waals surface area contributed by atoms with E-state index in [2.05, 4.69) is 6.92 Å². The first-order chi connectivity index (χ1) is 20.9. The molecule has 11 heteroatoms. The fourth-order valence-electron chi connectivity index (χ4n) is 4.86. The van der Waals surface area contributed by atoms with E-state index >= 15 is 0 Å². The first-order valence-corrected chi connectivity index (χ1v) is 21.4. The molecule has 0 amide bonds. The molecule has 43 heavy (non-hydrogen) atoms. The zero-order valence-corrected chi connectivity index (χ0v) is 32.2. The normalized spacial score (nSPS) is 12.8. The molecule has 0 saturated carbocycles. The minimum absolute atomic E-state index is 0.131. The van der Waals surface area contributed by atoms with Crippen LogP contribution in [0.25, 0.3) is 0 Å². The molecule has 0 aromatic heterocycles. The molecule has 0 spiro atoms. The SMILES string of the molecule is CCCCCCCCC(Cl)[Si](OCC)(OCC)OCC.COCCOCCCCCCCCCCC[Si](OC)(OC)OC. The maximum atomic E-state index is 6.57. The van der Waals surface area contributed by atoms with E-state index < -0.39 is 17.6 Å². The van der Waals surface area contributed by atoms with Crippen LogP contribution < -0.4 is 0 Å². The molecule has 0 heterocycles. The molecule has 0 fully saturated rings. The number of unbranched alkanes of at least 4 members (excludes halogenated alkanes) is 13. The highest BCUT2D eigenvalue weighted by molar-refractivity contribution is 6.71. The largest absolute Gasteiger partial charge is 0.519 e. The third-order valence-electron chi connectivity index (χ3n) is 7.37. The Labute approximate surface area is 274 Å². The van der Waals surface area contributed by atoms with Gasteiger partial charge in [0.1, 0.15) is 5.00 Å². The minimum atomic E-state index is -2.71. The number of rotatable bonds is 32.